The van der Waals surface area contributed by atoms with E-state index in [2.05, 4.69) is 29.8 Å². The second-order valence-electron chi connectivity index (χ2n) is 5.56. The topological polar surface area (TPSA) is 47.3 Å². The lowest BCUT2D eigenvalue weighted by Gasteiger charge is -2.31. The number of likely N-dealkylation sites (N-methyl/N-ethyl adjacent to an activating group) is 1. The third-order valence-electron chi connectivity index (χ3n) is 3.86. The van der Waals surface area contributed by atoms with Gasteiger partial charge in [0.25, 0.3) is 0 Å². The van der Waals surface area contributed by atoms with E-state index in [0.29, 0.717) is 17.2 Å². The van der Waals surface area contributed by atoms with Gasteiger partial charge in [-0.25, -0.2) is 0 Å². The first-order valence-corrected chi connectivity index (χ1v) is 7.03. The summed E-state index contributed by atoms with van der Waals surface area (Å²) in [4.78, 5) is 16.4. The second-order valence-corrected chi connectivity index (χ2v) is 5.56. The molecule has 1 unspecified atom stereocenters. The Morgan fingerprint density at radius 2 is 2.15 bits per heavy atom. The van der Waals surface area contributed by atoms with Gasteiger partial charge in [-0.2, -0.15) is 5.26 Å². The van der Waals surface area contributed by atoms with Crippen LogP contribution >= 0.6 is 0 Å². The molecule has 1 aromatic carbocycles. The molecule has 0 aliphatic carbocycles. The van der Waals surface area contributed by atoms with Crippen molar-refractivity contribution < 1.29 is 4.79 Å². The Kier molecular flexibility index (Phi) is 4.41. The maximum atomic E-state index is 11.8. The fourth-order valence-corrected chi connectivity index (χ4v) is 2.87. The largest absolute Gasteiger partial charge is 0.367 e. The average Bonchev–Trinajstić information content (AvgIpc) is 2.58. The highest BCUT2D eigenvalue weighted by Gasteiger charge is 2.23. The molecule has 1 aliphatic rings. The van der Waals surface area contributed by atoms with Gasteiger partial charge in [-0.3, -0.25) is 4.79 Å². The van der Waals surface area contributed by atoms with Crippen molar-refractivity contribution in [2.24, 2.45) is 0 Å². The van der Waals surface area contributed by atoms with E-state index < -0.39 is 0 Å². The number of carbonyl (C=O) groups is 1. The summed E-state index contributed by atoms with van der Waals surface area (Å²) in [7, 11) is 2.12. The van der Waals surface area contributed by atoms with Crippen molar-refractivity contribution in [2.45, 2.75) is 26.3 Å². The van der Waals surface area contributed by atoms with Gasteiger partial charge >= 0.3 is 0 Å². The average molecular weight is 271 g/mol. The van der Waals surface area contributed by atoms with Crippen LogP contribution in [0.25, 0.3) is 0 Å². The van der Waals surface area contributed by atoms with Crippen LogP contribution in [-0.2, 0) is 0 Å². The van der Waals surface area contributed by atoms with Gasteiger partial charge in [0.15, 0.2) is 5.78 Å². The molecule has 0 saturated carbocycles. The summed E-state index contributed by atoms with van der Waals surface area (Å²) in [5.74, 6) is 0.0503. The molecule has 0 aromatic heterocycles. The monoisotopic (exact) mass is 271 g/mol. The van der Waals surface area contributed by atoms with E-state index in [1.807, 2.05) is 6.07 Å². The number of hydrogen-bond donors (Lipinski definition) is 0. The van der Waals surface area contributed by atoms with Crippen LogP contribution in [-0.4, -0.2) is 43.4 Å². The zero-order valence-electron chi connectivity index (χ0n) is 12.4. The second kappa shape index (κ2) is 6.06. The highest BCUT2D eigenvalue weighted by Crippen LogP contribution is 2.26. The lowest BCUT2D eigenvalue weighted by atomic mass is 10.0. The number of benzene rings is 1. The number of nitriles is 1. The Morgan fingerprint density at radius 3 is 2.80 bits per heavy atom. The lowest BCUT2D eigenvalue weighted by Crippen LogP contribution is -2.38. The van der Waals surface area contributed by atoms with E-state index in [1.165, 1.54) is 0 Å². The summed E-state index contributed by atoms with van der Waals surface area (Å²) < 4.78 is 0. The summed E-state index contributed by atoms with van der Waals surface area (Å²) in [5.41, 5.74) is 2.22. The van der Waals surface area contributed by atoms with Crippen LogP contribution in [0.5, 0.6) is 0 Å². The predicted octanol–water partition coefficient (Wildman–Crippen LogP) is 2.29. The molecule has 1 atom stereocenters. The van der Waals surface area contributed by atoms with Crippen molar-refractivity contribution in [1.82, 2.24) is 4.90 Å². The summed E-state index contributed by atoms with van der Waals surface area (Å²) >= 11 is 0. The lowest BCUT2D eigenvalue weighted by molar-refractivity contribution is 0.101. The number of anilines is 1. The third-order valence-corrected chi connectivity index (χ3v) is 3.86. The van der Waals surface area contributed by atoms with Crippen LogP contribution in [0.4, 0.5) is 5.69 Å². The highest BCUT2D eigenvalue weighted by molar-refractivity contribution is 6.00. The van der Waals surface area contributed by atoms with Crippen molar-refractivity contribution in [1.29, 1.82) is 5.26 Å². The molecule has 20 heavy (non-hydrogen) atoms. The predicted molar refractivity (Wildman–Crippen MR) is 80.1 cm³/mol. The van der Waals surface area contributed by atoms with Gasteiger partial charge in [0.1, 0.15) is 0 Å². The number of rotatable bonds is 2. The number of ketones is 1. The quantitative estimate of drug-likeness (QED) is 0.774. The number of hydrogen-bond acceptors (Lipinski definition) is 4. The van der Waals surface area contributed by atoms with Crippen LogP contribution in [0.2, 0.25) is 0 Å². The first-order chi connectivity index (χ1) is 9.52. The molecule has 1 fully saturated rings. The molecule has 0 radical (unpaired) electrons. The normalized spacial score (nSPS) is 20.3. The molecule has 0 N–H and O–H groups in total. The van der Waals surface area contributed by atoms with Gasteiger partial charge in [0.05, 0.1) is 11.6 Å². The molecule has 1 saturated heterocycles. The number of carbonyl (C=O) groups excluding carboxylic acids is 1. The van der Waals surface area contributed by atoms with Crippen LogP contribution < -0.4 is 4.90 Å². The van der Waals surface area contributed by atoms with Crippen LogP contribution in [0, 0.1) is 11.3 Å². The van der Waals surface area contributed by atoms with Gasteiger partial charge in [-0.15, -0.1) is 0 Å². The van der Waals surface area contributed by atoms with Crippen LogP contribution in [0.1, 0.15) is 36.2 Å². The van der Waals surface area contributed by atoms with Gasteiger partial charge in [-0.05, 0) is 52.1 Å². The fourth-order valence-electron chi connectivity index (χ4n) is 2.87. The maximum Gasteiger partial charge on any atom is 0.161 e. The van der Waals surface area contributed by atoms with Gasteiger partial charge < -0.3 is 9.80 Å². The van der Waals surface area contributed by atoms with E-state index in [9.17, 15) is 4.79 Å². The minimum absolute atomic E-state index is 0.0503. The molecule has 1 aromatic rings. The standard InChI is InChI=1S/C16H21N3O/c1-12-11-18(3)7-4-8-19(12)16-9-14(10-17)5-6-15(16)13(2)20/h5-6,9,12H,4,7-8,11H2,1-3H3. The van der Waals surface area contributed by atoms with Crippen molar-refractivity contribution in [3.05, 3.63) is 29.3 Å². The van der Waals surface area contributed by atoms with Gasteiger partial charge in [-0.1, -0.05) is 0 Å². The molecule has 2 rings (SSSR count). The fraction of sp³-hybridized carbons (Fsp3) is 0.500. The van der Waals surface area contributed by atoms with Crippen molar-refractivity contribution >= 4 is 11.5 Å². The molecule has 4 nitrogen and oxygen atoms in total. The molecule has 0 bridgehead atoms. The molecule has 4 heteroatoms. The molecule has 106 valence electrons. The smallest absolute Gasteiger partial charge is 0.161 e. The molecule has 1 heterocycles. The van der Waals surface area contributed by atoms with Crippen LogP contribution in [0.3, 0.4) is 0 Å². The van der Waals surface area contributed by atoms with Gasteiger partial charge in [0.2, 0.25) is 0 Å². The zero-order valence-corrected chi connectivity index (χ0v) is 12.4. The molecular formula is C16H21N3O. The van der Waals surface area contributed by atoms with E-state index in [4.69, 9.17) is 5.26 Å². The molecule has 0 spiro atoms. The number of nitrogens with zero attached hydrogens (tertiary/aromatic N) is 3. The Labute approximate surface area is 120 Å². The SMILES string of the molecule is CC(=O)c1ccc(C#N)cc1N1CCCN(C)CC1C. The summed E-state index contributed by atoms with van der Waals surface area (Å²) in [6, 6.07) is 7.83. The van der Waals surface area contributed by atoms with Crippen molar-refractivity contribution in [2.75, 3.05) is 31.6 Å². The van der Waals surface area contributed by atoms with E-state index in [-0.39, 0.29) is 5.78 Å². The van der Waals surface area contributed by atoms with Gasteiger partial charge in [0, 0.05) is 30.4 Å². The van der Waals surface area contributed by atoms with E-state index in [0.717, 1.165) is 31.7 Å². The van der Waals surface area contributed by atoms with Crippen molar-refractivity contribution in [3.63, 3.8) is 0 Å². The minimum Gasteiger partial charge on any atom is -0.367 e. The Balaban J connectivity index is 2.43. The number of Topliss-reactive ketones (excluding diaryl/α,β-unsaturated/α-hetero) is 1. The van der Waals surface area contributed by atoms with Crippen molar-refractivity contribution in [3.8, 4) is 6.07 Å². The van der Waals surface area contributed by atoms with Crippen LogP contribution in [0.15, 0.2) is 18.2 Å². The Morgan fingerprint density at radius 1 is 1.40 bits per heavy atom. The minimum atomic E-state index is 0.0503. The zero-order chi connectivity index (χ0) is 14.7. The Hall–Kier alpha value is -1.86. The first-order valence-electron chi connectivity index (χ1n) is 7.03. The third kappa shape index (κ3) is 3.00. The summed E-state index contributed by atoms with van der Waals surface area (Å²) in [6.45, 7) is 6.70. The summed E-state index contributed by atoms with van der Waals surface area (Å²) in [5, 5.41) is 9.09. The molecule has 1 aliphatic heterocycles. The molecule has 0 amide bonds. The highest BCUT2D eigenvalue weighted by atomic mass is 16.1. The van der Waals surface area contributed by atoms with E-state index >= 15 is 0 Å². The molecular weight excluding hydrogens is 250 g/mol. The van der Waals surface area contributed by atoms with E-state index in [1.54, 1.807) is 19.1 Å². The Bertz CT molecular complexity index is 547. The summed E-state index contributed by atoms with van der Waals surface area (Å²) in [6.07, 6.45) is 1.06. The first kappa shape index (κ1) is 14.5. The maximum absolute atomic E-state index is 11.8.